The predicted molar refractivity (Wildman–Crippen MR) is 425 cm³/mol. The zero-order valence-corrected chi connectivity index (χ0v) is 63.9. The number of hydrogen-bond acceptors (Lipinski definition) is 20. The molecule has 31 nitrogen and oxygen atoms in total. The first-order valence-corrected chi connectivity index (χ1v) is 37.4. The van der Waals surface area contributed by atoms with E-state index < -0.39 is 118 Å². The average Bonchev–Trinajstić information content (AvgIpc) is 1.79. The molecule has 3 aromatic heterocycles. The van der Waals surface area contributed by atoms with Crippen LogP contribution in [0.4, 0.5) is 0 Å². The van der Waals surface area contributed by atoms with Crippen LogP contribution in [-0.4, -0.2) is 126 Å². The zero-order chi connectivity index (χ0) is 84.2. The largest absolute Gasteiger partial charge is 0.481 e. The Morgan fingerprint density at radius 3 is 0.828 bits per heavy atom. The molecule has 0 aliphatic carbocycles. The number of aryl methyl sites for hydroxylation is 3. The normalized spacial score (nSPS) is 12.4. The maximum Gasteiger partial charge on any atom is 0.303 e. The number of nitrogens with one attached hydrogen (secondary N) is 3. The second-order valence-electron chi connectivity index (χ2n) is 27.6. The molecule has 0 saturated heterocycles. The minimum absolute atomic E-state index is 0.00962. The molecule has 31 heteroatoms. The van der Waals surface area contributed by atoms with Gasteiger partial charge in [0.25, 0.3) is 0 Å². The van der Waals surface area contributed by atoms with E-state index in [0.717, 1.165) is 50.1 Å². The molecule has 0 unspecified atom stereocenters. The summed E-state index contributed by atoms with van der Waals surface area (Å²) in [4.78, 5) is 166. The van der Waals surface area contributed by atoms with Crippen molar-refractivity contribution in [3.63, 3.8) is 0 Å². The summed E-state index contributed by atoms with van der Waals surface area (Å²) < 4.78 is 16.1. The fourth-order valence-corrected chi connectivity index (χ4v) is 12.0. The molecule has 6 aromatic carbocycles. The summed E-state index contributed by atoms with van der Waals surface area (Å²) in [5, 5.41) is 38.0. The van der Waals surface area contributed by atoms with Gasteiger partial charge in [-0.1, -0.05) is 186 Å². The number of carboxylic acid groups (broad SMARTS) is 2. The van der Waals surface area contributed by atoms with Crippen LogP contribution in [0, 0.1) is 17.8 Å². The van der Waals surface area contributed by atoms with Crippen molar-refractivity contribution in [1.82, 2.24) is 31.4 Å². The highest BCUT2D eigenvalue weighted by Gasteiger charge is 2.31. The number of carboxylic acids is 2. The molecule has 9 aromatic rings. The van der Waals surface area contributed by atoms with Crippen molar-refractivity contribution in [1.29, 1.82) is 0 Å². The summed E-state index contributed by atoms with van der Waals surface area (Å²) in [6.45, 7) is 1.51. The number of amides is 9. The number of carbonyl (C=O) groups excluding carboxylic acids is 12. The van der Waals surface area contributed by atoms with Crippen LogP contribution in [-0.2, 0) is 86.4 Å². The van der Waals surface area contributed by atoms with Crippen LogP contribution in [0.1, 0.15) is 127 Å². The van der Waals surface area contributed by atoms with Gasteiger partial charge in [0.1, 0.15) is 34.4 Å². The van der Waals surface area contributed by atoms with Crippen LogP contribution in [0.3, 0.4) is 0 Å². The molecule has 0 aliphatic rings. The molecule has 608 valence electrons. The maximum absolute atomic E-state index is 12.9. The first-order valence-electron chi connectivity index (χ1n) is 37.4. The van der Waals surface area contributed by atoms with Gasteiger partial charge in [0.2, 0.25) is 53.2 Å². The van der Waals surface area contributed by atoms with E-state index in [9.17, 15) is 67.1 Å². The van der Waals surface area contributed by atoms with Crippen molar-refractivity contribution in [3.05, 3.63) is 199 Å². The molecule has 0 bridgehead atoms. The molecule has 0 aliphatic heterocycles. The quantitative estimate of drug-likeness (QED) is 0.0172. The first kappa shape index (κ1) is 89.3. The smallest absolute Gasteiger partial charge is 0.303 e. The summed E-state index contributed by atoms with van der Waals surface area (Å²) in [7, 11) is 0. The van der Waals surface area contributed by atoms with Gasteiger partial charge in [-0.3, -0.25) is 67.1 Å². The van der Waals surface area contributed by atoms with Crippen molar-refractivity contribution < 1.29 is 90.9 Å². The second-order valence-corrected chi connectivity index (χ2v) is 27.6. The molecule has 0 saturated carbocycles. The molecule has 0 radical (unpaired) electrons. The molecule has 9 amide bonds. The monoisotopic (exact) mass is 1590 g/mol. The van der Waals surface area contributed by atoms with Gasteiger partial charge in [-0.05, 0) is 65.5 Å². The van der Waals surface area contributed by atoms with E-state index in [2.05, 4.69) is 31.4 Å². The number of rotatable bonds is 45. The van der Waals surface area contributed by atoms with Gasteiger partial charge in [-0.15, -0.1) is 0 Å². The minimum Gasteiger partial charge on any atom is -0.481 e. The van der Waals surface area contributed by atoms with Gasteiger partial charge in [0, 0.05) is 143 Å². The summed E-state index contributed by atoms with van der Waals surface area (Å²) in [5.74, 6) is -10.3. The van der Waals surface area contributed by atoms with Crippen molar-refractivity contribution in [3.8, 4) is 67.2 Å². The Hall–Kier alpha value is -13.9. The van der Waals surface area contributed by atoms with Crippen molar-refractivity contribution in [2.24, 2.45) is 52.2 Å². The van der Waals surface area contributed by atoms with Crippen molar-refractivity contribution >= 4 is 82.5 Å². The molecule has 17 N–H and O–H groups in total. The van der Waals surface area contributed by atoms with E-state index >= 15 is 0 Å². The number of benzene rings is 6. The van der Waals surface area contributed by atoms with Crippen molar-refractivity contribution in [2.45, 2.75) is 147 Å². The highest BCUT2D eigenvalue weighted by atomic mass is 16.5. The van der Waals surface area contributed by atoms with E-state index in [1.165, 1.54) is 6.92 Å². The number of primary amides is 6. The molecule has 6 atom stereocenters. The maximum atomic E-state index is 12.9. The zero-order valence-electron chi connectivity index (χ0n) is 63.9. The molecular formula is C85H94N12O19. The number of nitrogens with two attached hydrogens (primary N) is 6. The Balaban J connectivity index is 0.000000241. The lowest BCUT2D eigenvalue weighted by molar-refractivity contribution is -0.139. The van der Waals surface area contributed by atoms with E-state index in [1.807, 2.05) is 164 Å². The summed E-state index contributed by atoms with van der Waals surface area (Å²) in [6, 6.07) is 55.5. The van der Waals surface area contributed by atoms with Gasteiger partial charge in [0.05, 0.1) is 18.1 Å². The lowest BCUT2D eigenvalue weighted by atomic mass is 9.92. The molecule has 9 rings (SSSR count). The third-order valence-electron chi connectivity index (χ3n) is 18.7. The summed E-state index contributed by atoms with van der Waals surface area (Å²) >= 11 is 0. The summed E-state index contributed by atoms with van der Waals surface area (Å²) in [5.41, 5.74) is 42.3. The Labute approximate surface area is 667 Å². The Morgan fingerprint density at radius 1 is 0.319 bits per heavy atom. The fraction of sp³-hybridized carbons (Fsp3) is 0.306. The first-order chi connectivity index (χ1) is 55.5. The van der Waals surface area contributed by atoms with Gasteiger partial charge < -0.3 is 74.1 Å². The number of aliphatic carboxylic acids is 2. The van der Waals surface area contributed by atoms with Crippen LogP contribution in [0.25, 0.3) is 67.2 Å². The number of carbonyl (C=O) groups is 14. The Kier molecular flexibility index (Phi) is 35.1. The number of nitrogens with zero attached hydrogens (tertiary/aromatic N) is 3. The van der Waals surface area contributed by atoms with E-state index in [4.69, 9.17) is 58.2 Å². The van der Waals surface area contributed by atoms with E-state index in [-0.39, 0.29) is 122 Å². The molecule has 0 fully saturated rings. The van der Waals surface area contributed by atoms with E-state index in [1.54, 1.807) is 18.2 Å². The molecule has 3 heterocycles. The lowest BCUT2D eigenvalue weighted by Crippen LogP contribution is -2.43. The van der Waals surface area contributed by atoms with Gasteiger partial charge >= 0.3 is 11.9 Å². The van der Waals surface area contributed by atoms with Crippen LogP contribution in [0.15, 0.2) is 196 Å². The molecule has 0 spiro atoms. The lowest BCUT2D eigenvalue weighted by Gasteiger charge is -2.19. The Bertz CT molecular complexity index is 4630. The molecule has 116 heavy (non-hydrogen) atoms. The number of aromatic nitrogens is 3. The number of ketones is 3. The predicted octanol–water partition coefficient (Wildman–Crippen LogP) is 8.01. The van der Waals surface area contributed by atoms with Crippen LogP contribution in [0.5, 0.6) is 0 Å². The van der Waals surface area contributed by atoms with E-state index in [0.29, 0.717) is 34.4 Å². The number of hydrogen-bond donors (Lipinski definition) is 11. The highest BCUT2D eigenvalue weighted by molar-refractivity contribution is 5.95. The van der Waals surface area contributed by atoms with Crippen LogP contribution < -0.4 is 50.4 Å². The second kappa shape index (κ2) is 45.6. The molecular weight excluding hydrogens is 1490 g/mol. The van der Waals surface area contributed by atoms with Crippen LogP contribution >= 0.6 is 0 Å². The van der Waals surface area contributed by atoms with Gasteiger partial charge in [-0.2, -0.15) is 0 Å². The standard InChI is InChI=1S/C29H33N5O6.C29H32N4O7.C27H29N3O6/c30-26(36)13-10-21(29(32)39)16-25(35)23(12-14-27(31)37)33-28(38)15-11-22-17-24(34-40-22)20-8-6-19(7-9-20)18-4-2-1-3-5-18;30-26(35)13-10-21(29(31)39)16-25(34)23(12-15-28(37)38)32-27(36)14-11-22-17-24(33-40-22)20-8-6-19(7-9-20)18-4-2-1-3-5-18;1-17(27(28)35)15-24(31)22(12-14-26(33)34)29-25(32)13-11-21-16-23(30-36-21)20-9-7-19(8-10-20)18-5-3-2-4-6-18/h1-9,17,21,23H,10-16H2,(H2,30,36)(H2,31,37)(H2,32,39)(H,33,38);1-9,17,21,23H,10-16H2,(H2,30,35)(H2,31,39)(H,32,36)(H,37,38);2-10,16-17,22H,11-15H2,1H3,(H2,28,35)(H,29,32)(H,33,34)/t2*21-,23+;17-,22+/m111/s1. The van der Waals surface area contributed by atoms with Crippen molar-refractivity contribution in [2.75, 3.05) is 0 Å². The van der Waals surface area contributed by atoms with Crippen LogP contribution in [0.2, 0.25) is 0 Å². The third-order valence-corrected chi connectivity index (χ3v) is 18.7. The average molecular weight is 1590 g/mol. The van der Waals surface area contributed by atoms with Gasteiger partial charge in [-0.25, -0.2) is 0 Å². The summed E-state index contributed by atoms with van der Waals surface area (Å²) in [6.07, 6.45) is -1.52. The SMILES string of the molecule is C[C@H](CC(=O)[C@H](CCC(=O)O)NC(=O)CCc1cc(-c2ccc(-c3ccccc3)cc2)no1)C(N)=O.NC(=O)CC[C@H](CC(=O)[C@H](CCC(=O)O)NC(=O)CCc1cc(-c2ccc(-c3ccccc3)cc2)no1)C(N)=O.NC(=O)CC[C@H](CC(=O)[C@H](CCC(N)=O)NC(=O)CCc1cc(-c2ccc(-c3ccccc3)cc2)no1)C(N)=O. The fourth-order valence-electron chi connectivity index (χ4n) is 12.0. The third kappa shape index (κ3) is 30.7. The topological polar surface area (TPSA) is 550 Å². The van der Waals surface area contributed by atoms with Gasteiger partial charge in [0.15, 0.2) is 17.3 Å². The highest BCUT2D eigenvalue weighted by Crippen LogP contribution is 2.29. The minimum atomic E-state index is -1.14. The number of Topliss-reactive ketones (excluding diaryl/α,β-unsaturated/α-hetero) is 3. The Morgan fingerprint density at radius 2 is 0.569 bits per heavy atom.